The number of ether oxygens (including phenoxy) is 1. The Morgan fingerprint density at radius 1 is 1.07 bits per heavy atom. The summed E-state index contributed by atoms with van der Waals surface area (Å²) in [6.45, 7) is 2.80. The van der Waals surface area contributed by atoms with Gasteiger partial charge in [-0.15, -0.1) is 0 Å². The molecule has 3 aromatic rings. The first-order valence-electron chi connectivity index (χ1n) is 9.99. The van der Waals surface area contributed by atoms with Gasteiger partial charge in [0.1, 0.15) is 0 Å². The molecule has 5 nitrogen and oxygen atoms in total. The van der Waals surface area contributed by atoms with Crippen molar-refractivity contribution in [2.75, 3.05) is 19.8 Å². The highest BCUT2D eigenvalue weighted by Crippen LogP contribution is 2.34. The number of carbonyl (C=O) groups excluding carboxylic acids is 1. The Bertz CT molecular complexity index is 1030. The molecule has 142 valence electrons. The highest BCUT2D eigenvalue weighted by atomic mass is 16.5. The van der Waals surface area contributed by atoms with Gasteiger partial charge in [0, 0.05) is 43.5 Å². The van der Waals surface area contributed by atoms with Crippen LogP contribution in [0.2, 0.25) is 0 Å². The van der Waals surface area contributed by atoms with Gasteiger partial charge in [-0.25, -0.2) is 0 Å². The third kappa shape index (κ3) is 3.16. The number of amides is 1. The highest BCUT2D eigenvalue weighted by Gasteiger charge is 2.33. The van der Waals surface area contributed by atoms with E-state index in [9.17, 15) is 4.79 Å². The van der Waals surface area contributed by atoms with Gasteiger partial charge in [0.2, 0.25) is 0 Å². The van der Waals surface area contributed by atoms with Gasteiger partial charge < -0.3 is 9.64 Å². The van der Waals surface area contributed by atoms with Crippen molar-refractivity contribution in [1.29, 1.82) is 0 Å². The van der Waals surface area contributed by atoms with Gasteiger partial charge in [0.25, 0.3) is 5.91 Å². The number of nitrogens with zero attached hydrogens (tertiary/aromatic N) is 3. The first-order chi connectivity index (χ1) is 13.8. The Morgan fingerprint density at radius 2 is 1.93 bits per heavy atom. The molecular formula is C23H23N3O2. The van der Waals surface area contributed by atoms with Crippen LogP contribution in [0, 0.1) is 0 Å². The molecule has 0 aliphatic carbocycles. The maximum absolute atomic E-state index is 13.1. The maximum Gasteiger partial charge on any atom is 0.256 e. The SMILES string of the molecule is O=C1c2c(C3CCOCC3)ccnc2CN1CCc1ccc2ccccc2n1. The van der Waals surface area contributed by atoms with Crippen molar-refractivity contribution in [3.63, 3.8) is 0 Å². The van der Waals surface area contributed by atoms with E-state index in [1.807, 2.05) is 35.4 Å². The number of para-hydroxylation sites is 1. The first kappa shape index (κ1) is 17.3. The fourth-order valence-corrected chi connectivity index (χ4v) is 4.33. The van der Waals surface area contributed by atoms with E-state index >= 15 is 0 Å². The third-order valence-corrected chi connectivity index (χ3v) is 5.86. The zero-order valence-electron chi connectivity index (χ0n) is 15.8. The summed E-state index contributed by atoms with van der Waals surface area (Å²) < 4.78 is 5.49. The summed E-state index contributed by atoms with van der Waals surface area (Å²) in [5.41, 5.74) is 4.92. The van der Waals surface area contributed by atoms with Crippen LogP contribution in [0.25, 0.3) is 10.9 Å². The summed E-state index contributed by atoms with van der Waals surface area (Å²) in [6, 6.07) is 14.3. The van der Waals surface area contributed by atoms with Crippen molar-refractivity contribution in [2.45, 2.75) is 31.7 Å². The van der Waals surface area contributed by atoms with E-state index < -0.39 is 0 Å². The number of pyridine rings is 2. The quantitative estimate of drug-likeness (QED) is 0.699. The van der Waals surface area contributed by atoms with Gasteiger partial charge in [-0.05, 0) is 42.5 Å². The number of hydrogen-bond acceptors (Lipinski definition) is 4. The van der Waals surface area contributed by atoms with Crippen LogP contribution in [0.4, 0.5) is 0 Å². The molecule has 5 heteroatoms. The molecule has 5 rings (SSSR count). The van der Waals surface area contributed by atoms with Crippen LogP contribution in [0.5, 0.6) is 0 Å². The molecule has 2 aliphatic rings. The monoisotopic (exact) mass is 373 g/mol. The van der Waals surface area contributed by atoms with Crippen LogP contribution in [-0.4, -0.2) is 40.5 Å². The second-order valence-electron chi connectivity index (χ2n) is 7.58. The van der Waals surface area contributed by atoms with Crippen molar-refractivity contribution in [2.24, 2.45) is 0 Å². The lowest BCUT2D eigenvalue weighted by Crippen LogP contribution is -2.27. The lowest BCUT2D eigenvalue weighted by Gasteiger charge is -2.23. The Balaban J connectivity index is 1.33. The fraction of sp³-hybridized carbons (Fsp3) is 0.348. The van der Waals surface area contributed by atoms with Gasteiger partial charge in [-0.1, -0.05) is 24.3 Å². The van der Waals surface area contributed by atoms with Gasteiger partial charge in [0.15, 0.2) is 0 Å². The van der Waals surface area contributed by atoms with Crippen molar-refractivity contribution in [3.05, 3.63) is 71.2 Å². The molecule has 0 saturated carbocycles. The molecule has 2 aliphatic heterocycles. The van der Waals surface area contributed by atoms with E-state index in [0.29, 0.717) is 19.0 Å². The minimum atomic E-state index is 0.116. The lowest BCUT2D eigenvalue weighted by atomic mass is 9.88. The van der Waals surface area contributed by atoms with Gasteiger partial charge in [-0.3, -0.25) is 14.8 Å². The maximum atomic E-state index is 13.1. The molecule has 28 heavy (non-hydrogen) atoms. The summed E-state index contributed by atoms with van der Waals surface area (Å²) >= 11 is 0. The van der Waals surface area contributed by atoms with Crippen LogP contribution in [0.15, 0.2) is 48.7 Å². The molecule has 0 bridgehead atoms. The number of carbonyl (C=O) groups is 1. The zero-order valence-corrected chi connectivity index (χ0v) is 15.8. The third-order valence-electron chi connectivity index (χ3n) is 5.86. The van der Waals surface area contributed by atoms with Crippen molar-refractivity contribution >= 4 is 16.8 Å². The molecule has 0 N–H and O–H groups in total. The Hall–Kier alpha value is -2.79. The van der Waals surface area contributed by atoms with E-state index in [-0.39, 0.29) is 5.91 Å². The number of fused-ring (bicyclic) bond motifs is 2. The number of benzene rings is 1. The van der Waals surface area contributed by atoms with E-state index in [1.165, 1.54) is 0 Å². The molecule has 2 aromatic heterocycles. The normalized spacial score (nSPS) is 17.3. The largest absolute Gasteiger partial charge is 0.381 e. The van der Waals surface area contributed by atoms with E-state index in [1.54, 1.807) is 0 Å². The van der Waals surface area contributed by atoms with E-state index in [0.717, 1.165) is 65.9 Å². The second kappa shape index (κ2) is 7.32. The molecule has 0 atom stereocenters. The summed E-state index contributed by atoms with van der Waals surface area (Å²) in [5.74, 6) is 0.516. The van der Waals surface area contributed by atoms with Crippen LogP contribution in [-0.2, 0) is 17.7 Å². The summed E-state index contributed by atoms with van der Waals surface area (Å²) in [7, 11) is 0. The molecule has 0 spiro atoms. The minimum absolute atomic E-state index is 0.116. The molecule has 1 aromatic carbocycles. The Kier molecular flexibility index (Phi) is 4.53. The van der Waals surface area contributed by atoms with Gasteiger partial charge >= 0.3 is 0 Å². The average Bonchev–Trinajstić information content (AvgIpc) is 3.08. The molecule has 0 unspecified atom stereocenters. The second-order valence-corrected chi connectivity index (χ2v) is 7.58. The fourth-order valence-electron chi connectivity index (χ4n) is 4.33. The lowest BCUT2D eigenvalue weighted by molar-refractivity contribution is 0.0765. The molecule has 0 radical (unpaired) electrons. The van der Waals surface area contributed by atoms with E-state index in [2.05, 4.69) is 23.2 Å². The summed E-state index contributed by atoms with van der Waals surface area (Å²) in [6.07, 6.45) is 4.55. The highest BCUT2D eigenvalue weighted by molar-refractivity contribution is 5.99. The number of aromatic nitrogens is 2. The van der Waals surface area contributed by atoms with Gasteiger partial charge in [-0.2, -0.15) is 0 Å². The van der Waals surface area contributed by atoms with Crippen LogP contribution in [0.3, 0.4) is 0 Å². The smallest absolute Gasteiger partial charge is 0.256 e. The first-order valence-corrected chi connectivity index (χ1v) is 9.99. The molecular weight excluding hydrogens is 350 g/mol. The predicted molar refractivity (Wildman–Crippen MR) is 107 cm³/mol. The van der Waals surface area contributed by atoms with Crippen LogP contribution in [0.1, 0.15) is 46.1 Å². The van der Waals surface area contributed by atoms with Crippen molar-refractivity contribution in [1.82, 2.24) is 14.9 Å². The van der Waals surface area contributed by atoms with Crippen LogP contribution >= 0.6 is 0 Å². The Labute approximate surface area is 164 Å². The minimum Gasteiger partial charge on any atom is -0.381 e. The standard InChI is InChI=1S/C23H23N3O2/c27-23-22-19(16-9-13-28-14-10-16)7-11-24-21(22)15-26(23)12-8-18-6-5-17-3-1-2-4-20(17)25-18/h1-7,11,16H,8-10,12-15H2. The topological polar surface area (TPSA) is 55.3 Å². The average molecular weight is 373 g/mol. The Morgan fingerprint density at radius 3 is 2.82 bits per heavy atom. The molecule has 1 fully saturated rings. The molecule has 4 heterocycles. The van der Waals surface area contributed by atoms with Crippen molar-refractivity contribution < 1.29 is 9.53 Å². The van der Waals surface area contributed by atoms with Crippen LogP contribution < -0.4 is 0 Å². The molecule has 1 amide bonds. The van der Waals surface area contributed by atoms with Gasteiger partial charge in [0.05, 0.1) is 23.3 Å². The predicted octanol–water partition coefficient (Wildman–Crippen LogP) is 3.72. The zero-order chi connectivity index (χ0) is 18.9. The summed E-state index contributed by atoms with van der Waals surface area (Å²) in [4.78, 5) is 24.3. The number of hydrogen-bond donors (Lipinski definition) is 0. The number of rotatable bonds is 4. The molecule has 1 saturated heterocycles. The van der Waals surface area contributed by atoms with Crippen molar-refractivity contribution in [3.8, 4) is 0 Å². The summed E-state index contributed by atoms with van der Waals surface area (Å²) in [5, 5.41) is 1.14. The van der Waals surface area contributed by atoms with E-state index in [4.69, 9.17) is 9.72 Å².